The molecule has 0 aromatic heterocycles. The molecule has 1 rings (SSSR count). The number of hydrogen-bond acceptors (Lipinski definition) is 2. The van der Waals surface area contributed by atoms with E-state index in [-0.39, 0.29) is 12.2 Å². The van der Waals surface area contributed by atoms with Crippen molar-refractivity contribution in [3.05, 3.63) is 23.3 Å². The van der Waals surface area contributed by atoms with E-state index < -0.39 is 0 Å². The largest absolute Gasteiger partial charge is 0.447 e. The lowest BCUT2D eigenvalue weighted by Gasteiger charge is -2.19. The fourth-order valence-corrected chi connectivity index (χ4v) is 3.84. The molecule has 0 aromatic rings. The van der Waals surface area contributed by atoms with Gasteiger partial charge in [0.2, 0.25) is 0 Å². The monoisotopic (exact) mass is 391 g/mol. The average Bonchev–Trinajstić information content (AvgIpc) is 3.11. The van der Waals surface area contributed by atoms with Gasteiger partial charge in [-0.05, 0) is 90.9 Å². The van der Waals surface area contributed by atoms with Crippen molar-refractivity contribution in [1.82, 2.24) is 5.32 Å². The highest BCUT2D eigenvalue weighted by molar-refractivity contribution is 5.67. The van der Waals surface area contributed by atoms with Gasteiger partial charge in [0.25, 0.3) is 0 Å². The van der Waals surface area contributed by atoms with Crippen molar-refractivity contribution in [2.75, 3.05) is 0 Å². The van der Waals surface area contributed by atoms with Crippen molar-refractivity contribution < 1.29 is 9.53 Å². The first-order valence-corrected chi connectivity index (χ1v) is 11.5. The maximum Gasteiger partial charge on any atom is 0.407 e. The fraction of sp³-hybridized carbons (Fsp3) is 0.800. The average molecular weight is 392 g/mol. The molecule has 1 N–H and O–H groups in total. The van der Waals surface area contributed by atoms with Gasteiger partial charge in [0.15, 0.2) is 0 Å². The Kier molecular flexibility index (Phi) is 12.3. The summed E-state index contributed by atoms with van der Waals surface area (Å²) in [4.78, 5) is 11.9. The second kappa shape index (κ2) is 13.8. The Morgan fingerprint density at radius 2 is 1.57 bits per heavy atom. The molecule has 3 nitrogen and oxygen atoms in total. The number of carbonyl (C=O) groups excluding carboxylic acids is 1. The lowest BCUT2D eigenvalue weighted by Crippen LogP contribution is -2.34. The maximum atomic E-state index is 11.9. The van der Waals surface area contributed by atoms with Gasteiger partial charge in [-0.15, -0.1) is 0 Å². The zero-order chi connectivity index (χ0) is 20.9. The summed E-state index contributed by atoms with van der Waals surface area (Å²) in [6, 6.07) is 0.327. The van der Waals surface area contributed by atoms with Gasteiger partial charge < -0.3 is 10.1 Å². The molecule has 3 atom stereocenters. The van der Waals surface area contributed by atoms with Gasteiger partial charge in [0.1, 0.15) is 6.10 Å². The summed E-state index contributed by atoms with van der Waals surface area (Å²) in [5, 5.41) is 2.99. The number of rotatable bonds is 12. The summed E-state index contributed by atoms with van der Waals surface area (Å²) in [6.07, 6.45) is 15.8. The first-order valence-electron chi connectivity index (χ1n) is 11.5. The molecule has 0 bridgehead atoms. The van der Waals surface area contributed by atoms with Gasteiger partial charge in [-0.25, -0.2) is 4.79 Å². The number of ether oxygens (including phenoxy) is 1. The van der Waals surface area contributed by atoms with Crippen LogP contribution in [-0.4, -0.2) is 18.2 Å². The molecule has 162 valence electrons. The van der Waals surface area contributed by atoms with E-state index >= 15 is 0 Å². The lowest BCUT2D eigenvalue weighted by molar-refractivity contribution is 0.0997. The van der Waals surface area contributed by atoms with E-state index in [4.69, 9.17) is 4.74 Å². The third-order valence-corrected chi connectivity index (χ3v) is 6.19. The van der Waals surface area contributed by atoms with E-state index in [1.807, 2.05) is 6.92 Å². The summed E-state index contributed by atoms with van der Waals surface area (Å²) >= 11 is 0. The summed E-state index contributed by atoms with van der Waals surface area (Å²) in [6.45, 7) is 13.4. The van der Waals surface area contributed by atoms with Crippen LogP contribution in [0.5, 0.6) is 0 Å². The first kappa shape index (κ1) is 24.8. The molecule has 1 fully saturated rings. The van der Waals surface area contributed by atoms with Crippen molar-refractivity contribution >= 4 is 6.09 Å². The van der Waals surface area contributed by atoms with Crippen LogP contribution in [-0.2, 0) is 4.74 Å². The van der Waals surface area contributed by atoms with E-state index in [2.05, 4.69) is 52.1 Å². The Labute approximate surface area is 174 Å². The van der Waals surface area contributed by atoms with Crippen molar-refractivity contribution in [3.63, 3.8) is 0 Å². The van der Waals surface area contributed by atoms with Crippen LogP contribution in [0.15, 0.2) is 23.3 Å². The molecule has 0 aliphatic heterocycles. The highest BCUT2D eigenvalue weighted by Crippen LogP contribution is 2.24. The number of amides is 1. The molecule has 0 radical (unpaired) electrons. The molecule has 0 aromatic carbocycles. The van der Waals surface area contributed by atoms with Gasteiger partial charge in [-0.2, -0.15) is 0 Å². The minimum absolute atomic E-state index is 0.0283. The molecular weight excluding hydrogens is 346 g/mol. The Hall–Kier alpha value is -1.25. The van der Waals surface area contributed by atoms with E-state index in [0.717, 1.165) is 37.5 Å². The van der Waals surface area contributed by atoms with Gasteiger partial charge in [-0.1, -0.05) is 50.0 Å². The summed E-state index contributed by atoms with van der Waals surface area (Å²) in [5.41, 5.74) is 2.89. The van der Waals surface area contributed by atoms with Gasteiger partial charge in [-0.3, -0.25) is 0 Å². The van der Waals surface area contributed by atoms with Crippen LogP contribution in [0.2, 0.25) is 0 Å². The summed E-state index contributed by atoms with van der Waals surface area (Å²) in [5.74, 6) is 1.53. The van der Waals surface area contributed by atoms with E-state index in [1.165, 1.54) is 49.7 Å². The standard InChI is InChI=1S/C25H45NO2/c1-19(2)11-9-13-21(4)22(5)18-17-20(3)12-10-14-23(6)28-25(27)26-24-15-7-8-16-24/h11-12,21-24H,7-10,13-18H2,1-6H3,(H,26,27). The first-order chi connectivity index (χ1) is 13.3. The minimum atomic E-state index is -0.240. The van der Waals surface area contributed by atoms with Crippen LogP contribution in [0, 0.1) is 11.8 Å². The number of alkyl carbamates (subject to hydrolysis) is 1. The maximum absolute atomic E-state index is 11.9. The Bertz CT molecular complexity index is 499. The normalized spacial score (nSPS) is 18.4. The predicted octanol–water partition coefficient (Wildman–Crippen LogP) is 7.57. The van der Waals surface area contributed by atoms with Crippen molar-refractivity contribution in [1.29, 1.82) is 0 Å². The zero-order valence-electron chi connectivity index (χ0n) is 19.4. The van der Waals surface area contributed by atoms with E-state index in [9.17, 15) is 4.79 Å². The Morgan fingerprint density at radius 3 is 2.21 bits per heavy atom. The quantitative estimate of drug-likeness (QED) is 0.348. The van der Waals surface area contributed by atoms with Crippen LogP contribution in [0.3, 0.4) is 0 Å². The van der Waals surface area contributed by atoms with Crippen LogP contribution < -0.4 is 5.32 Å². The molecule has 1 saturated carbocycles. The molecule has 1 amide bonds. The molecule has 28 heavy (non-hydrogen) atoms. The zero-order valence-corrected chi connectivity index (χ0v) is 19.4. The van der Waals surface area contributed by atoms with E-state index in [0.29, 0.717) is 6.04 Å². The molecule has 0 saturated heterocycles. The third-order valence-electron chi connectivity index (χ3n) is 6.19. The molecule has 1 aliphatic rings. The van der Waals surface area contributed by atoms with Gasteiger partial charge in [0.05, 0.1) is 0 Å². The smallest absolute Gasteiger partial charge is 0.407 e. The highest BCUT2D eigenvalue weighted by Gasteiger charge is 2.18. The minimum Gasteiger partial charge on any atom is -0.447 e. The fourth-order valence-electron chi connectivity index (χ4n) is 3.84. The van der Waals surface area contributed by atoms with Crippen molar-refractivity contribution in [2.45, 2.75) is 118 Å². The highest BCUT2D eigenvalue weighted by atomic mass is 16.6. The van der Waals surface area contributed by atoms with Gasteiger partial charge >= 0.3 is 6.09 Å². The SMILES string of the molecule is CC(C)=CCCC(C)C(C)CCC(C)=CCCC(C)OC(=O)NC1CCCC1. The lowest BCUT2D eigenvalue weighted by atomic mass is 9.87. The van der Waals surface area contributed by atoms with Crippen LogP contribution >= 0.6 is 0 Å². The van der Waals surface area contributed by atoms with Crippen LogP contribution in [0.1, 0.15) is 106 Å². The molecule has 0 heterocycles. The second-order valence-corrected chi connectivity index (χ2v) is 9.32. The van der Waals surface area contributed by atoms with Crippen LogP contribution in [0.4, 0.5) is 4.79 Å². The Balaban J connectivity index is 2.17. The number of hydrogen-bond donors (Lipinski definition) is 1. The predicted molar refractivity (Wildman–Crippen MR) is 121 cm³/mol. The van der Waals surface area contributed by atoms with Gasteiger partial charge in [0, 0.05) is 6.04 Å². The number of allylic oxidation sites excluding steroid dienone is 4. The number of nitrogens with one attached hydrogen (secondary N) is 1. The van der Waals surface area contributed by atoms with Crippen molar-refractivity contribution in [3.8, 4) is 0 Å². The molecule has 0 spiro atoms. The summed E-state index contributed by atoms with van der Waals surface area (Å²) in [7, 11) is 0. The summed E-state index contributed by atoms with van der Waals surface area (Å²) < 4.78 is 5.49. The second-order valence-electron chi connectivity index (χ2n) is 9.32. The molecular formula is C25H45NO2. The third kappa shape index (κ3) is 11.6. The molecule has 1 aliphatic carbocycles. The molecule has 3 unspecified atom stereocenters. The van der Waals surface area contributed by atoms with Crippen LogP contribution in [0.25, 0.3) is 0 Å². The Morgan fingerprint density at radius 1 is 0.964 bits per heavy atom. The number of carbonyl (C=O) groups is 1. The van der Waals surface area contributed by atoms with Crippen molar-refractivity contribution in [2.24, 2.45) is 11.8 Å². The molecule has 3 heteroatoms. The topological polar surface area (TPSA) is 38.3 Å². The van der Waals surface area contributed by atoms with E-state index in [1.54, 1.807) is 0 Å².